The third-order valence-corrected chi connectivity index (χ3v) is 1.76. The van der Waals surface area contributed by atoms with Gasteiger partial charge in [-0.25, -0.2) is 0 Å². The number of hydrogen-bond acceptors (Lipinski definition) is 2. The van der Waals surface area contributed by atoms with Gasteiger partial charge in [-0.05, 0) is 25.7 Å². The van der Waals surface area contributed by atoms with Crippen LogP contribution >= 0.6 is 0 Å². The van der Waals surface area contributed by atoms with Crippen molar-refractivity contribution in [2.75, 3.05) is 13.2 Å². The molecule has 0 saturated heterocycles. The molecule has 0 fully saturated rings. The maximum atomic E-state index is 5.62. The molecule has 2 nitrogen and oxygen atoms in total. The topological polar surface area (TPSA) is 18.5 Å². The molecular formula is C11H24O2. The average molecular weight is 188 g/mol. The summed E-state index contributed by atoms with van der Waals surface area (Å²) in [6.07, 6.45) is 3.43. The molecule has 0 aromatic heterocycles. The zero-order chi connectivity index (χ0) is 10.1. The first-order chi connectivity index (χ1) is 6.20. The summed E-state index contributed by atoms with van der Waals surface area (Å²) in [5.41, 5.74) is 0. The predicted molar refractivity (Wildman–Crippen MR) is 55.7 cm³/mol. The van der Waals surface area contributed by atoms with Crippen molar-refractivity contribution in [3.8, 4) is 0 Å². The molecule has 0 aromatic rings. The summed E-state index contributed by atoms with van der Waals surface area (Å²) in [6, 6.07) is 0. The molecule has 0 rings (SSSR count). The Morgan fingerprint density at radius 2 is 1.77 bits per heavy atom. The Morgan fingerprint density at radius 1 is 1.08 bits per heavy atom. The van der Waals surface area contributed by atoms with Crippen LogP contribution in [0.1, 0.15) is 47.0 Å². The Labute approximate surface area is 82.6 Å². The average Bonchev–Trinajstić information content (AvgIpc) is 2.09. The third-order valence-electron chi connectivity index (χ3n) is 1.76. The minimum absolute atomic E-state index is 0.0207. The first-order valence-electron chi connectivity index (χ1n) is 5.43. The molecule has 0 N–H and O–H groups in total. The Balaban J connectivity index is 3.53. The summed E-state index contributed by atoms with van der Waals surface area (Å²) in [6.45, 7) is 10.1. The molecule has 0 bridgehead atoms. The van der Waals surface area contributed by atoms with Crippen LogP contribution in [0.3, 0.4) is 0 Å². The van der Waals surface area contributed by atoms with E-state index >= 15 is 0 Å². The van der Waals surface area contributed by atoms with Gasteiger partial charge in [0.2, 0.25) is 0 Å². The van der Waals surface area contributed by atoms with Gasteiger partial charge in [-0.3, -0.25) is 0 Å². The summed E-state index contributed by atoms with van der Waals surface area (Å²) in [5, 5.41) is 0. The Hall–Kier alpha value is -0.0800. The molecule has 0 radical (unpaired) electrons. The highest BCUT2D eigenvalue weighted by molar-refractivity contribution is 4.47. The van der Waals surface area contributed by atoms with Crippen LogP contribution in [0.2, 0.25) is 0 Å². The first kappa shape index (κ1) is 12.9. The van der Waals surface area contributed by atoms with Gasteiger partial charge in [-0.2, -0.15) is 0 Å². The van der Waals surface area contributed by atoms with Crippen LogP contribution in [-0.2, 0) is 9.47 Å². The SMILES string of the molecule is CCCCC(OCC)OCC(C)C. The highest BCUT2D eigenvalue weighted by Gasteiger charge is 2.08. The highest BCUT2D eigenvalue weighted by atomic mass is 16.7. The molecule has 1 unspecified atom stereocenters. The summed E-state index contributed by atoms with van der Waals surface area (Å²) in [7, 11) is 0. The minimum Gasteiger partial charge on any atom is -0.353 e. The molecule has 80 valence electrons. The molecule has 0 aliphatic carbocycles. The van der Waals surface area contributed by atoms with Gasteiger partial charge < -0.3 is 9.47 Å². The zero-order valence-corrected chi connectivity index (χ0v) is 9.51. The maximum Gasteiger partial charge on any atom is 0.157 e. The van der Waals surface area contributed by atoms with E-state index in [4.69, 9.17) is 9.47 Å². The molecule has 0 heterocycles. The fourth-order valence-corrected chi connectivity index (χ4v) is 1.07. The molecule has 0 aliphatic heterocycles. The number of ether oxygens (including phenoxy) is 2. The quantitative estimate of drug-likeness (QED) is 0.544. The molecule has 0 aromatic carbocycles. The second kappa shape index (κ2) is 8.52. The minimum atomic E-state index is 0.0207. The van der Waals surface area contributed by atoms with Gasteiger partial charge in [0.15, 0.2) is 6.29 Å². The van der Waals surface area contributed by atoms with E-state index in [1.54, 1.807) is 0 Å². The van der Waals surface area contributed by atoms with E-state index in [1.165, 1.54) is 12.8 Å². The first-order valence-corrected chi connectivity index (χ1v) is 5.43. The highest BCUT2D eigenvalue weighted by Crippen LogP contribution is 2.08. The van der Waals surface area contributed by atoms with Crippen LogP contribution in [0, 0.1) is 5.92 Å². The monoisotopic (exact) mass is 188 g/mol. The van der Waals surface area contributed by atoms with E-state index in [0.717, 1.165) is 19.6 Å². The van der Waals surface area contributed by atoms with Crippen molar-refractivity contribution in [3.63, 3.8) is 0 Å². The van der Waals surface area contributed by atoms with E-state index in [0.29, 0.717) is 5.92 Å². The standard InChI is InChI=1S/C11H24O2/c1-5-7-8-11(12-6-2)13-9-10(3)4/h10-11H,5-9H2,1-4H3. The van der Waals surface area contributed by atoms with E-state index in [2.05, 4.69) is 20.8 Å². The lowest BCUT2D eigenvalue weighted by Crippen LogP contribution is -2.19. The van der Waals surface area contributed by atoms with Crippen molar-refractivity contribution >= 4 is 0 Å². The van der Waals surface area contributed by atoms with Crippen molar-refractivity contribution < 1.29 is 9.47 Å². The smallest absolute Gasteiger partial charge is 0.157 e. The molecular weight excluding hydrogens is 164 g/mol. The summed E-state index contributed by atoms with van der Waals surface area (Å²) >= 11 is 0. The molecule has 13 heavy (non-hydrogen) atoms. The Morgan fingerprint density at radius 3 is 2.23 bits per heavy atom. The normalized spacial score (nSPS) is 13.6. The van der Waals surface area contributed by atoms with Gasteiger partial charge in [-0.15, -0.1) is 0 Å². The Bertz CT molecular complexity index is 102. The van der Waals surface area contributed by atoms with Crippen molar-refractivity contribution in [1.29, 1.82) is 0 Å². The van der Waals surface area contributed by atoms with E-state index in [1.807, 2.05) is 6.92 Å². The number of unbranched alkanes of at least 4 members (excludes halogenated alkanes) is 1. The van der Waals surface area contributed by atoms with E-state index < -0.39 is 0 Å². The van der Waals surface area contributed by atoms with E-state index in [9.17, 15) is 0 Å². The van der Waals surface area contributed by atoms with Crippen LogP contribution in [0.5, 0.6) is 0 Å². The van der Waals surface area contributed by atoms with Gasteiger partial charge in [-0.1, -0.05) is 27.2 Å². The van der Waals surface area contributed by atoms with Crippen molar-refractivity contribution in [2.45, 2.75) is 53.2 Å². The summed E-state index contributed by atoms with van der Waals surface area (Å²) in [5.74, 6) is 0.588. The second-order valence-electron chi connectivity index (χ2n) is 3.75. The fraction of sp³-hybridized carbons (Fsp3) is 1.00. The molecule has 1 atom stereocenters. The zero-order valence-electron chi connectivity index (χ0n) is 9.51. The predicted octanol–water partition coefficient (Wildman–Crippen LogP) is 3.21. The third kappa shape index (κ3) is 8.26. The second-order valence-corrected chi connectivity index (χ2v) is 3.75. The van der Waals surface area contributed by atoms with E-state index in [-0.39, 0.29) is 6.29 Å². The lowest BCUT2D eigenvalue weighted by atomic mass is 10.2. The van der Waals surface area contributed by atoms with Gasteiger partial charge in [0, 0.05) is 6.61 Å². The Kier molecular flexibility index (Phi) is 8.46. The van der Waals surface area contributed by atoms with Crippen LogP contribution in [-0.4, -0.2) is 19.5 Å². The van der Waals surface area contributed by atoms with Crippen molar-refractivity contribution in [3.05, 3.63) is 0 Å². The largest absolute Gasteiger partial charge is 0.353 e. The number of rotatable bonds is 8. The molecule has 0 amide bonds. The molecule has 0 spiro atoms. The fourth-order valence-electron chi connectivity index (χ4n) is 1.07. The van der Waals surface area contributed by atoms with Crippen molar-refractivity contribution in [2.24, 2.45) is 5.92 Å². The van der Waals surface area contributed by atoms with Crippen molar-refractivity contribution in [1.82, 2.24) is 0 Å². The summed E-state index contributed by atoms with van der Waals surface area (Å²) < 4.78 is 11.1. The van der Waals surface area contributed by atoms with Crippen LogP contribution in [0.25, 0.3) is 0 Å². The van der Waals surface area contributed by atoms with Crippen LogP contribution in [0.15, 0.2) is 0 Å². The molecule has 0 aliphatic rings. The number of hydrogen-bond donors (Lipinski definition) is 0. The lowest BCUT2D eigenvalue weighted by molar-refractivity contribution is -0.149. The van der Waals surface area contributed by atoms with Crippen LogP contribution in [0.4, 0.5) is 0 Å². The lowest BCUT2D eigenvalue weighted by Gasteiger charge is -2.18. The maximum absolute atomic E-state index is 5.62. The molecule has 2 heteroatoms. The summed E-state index contributed by atoms with van der Waals surface area (Å²) in [4.78, 5) is 0. The van der Waals surface area contributed by atoms with Gasteiger partial charge in [0.05, 0.1) is 6.61 Å². The van der Waals surface area contributed by atoms with Crippen LogP contribution < -0.4 is 0 Å². The van der Waals surface area contributed by atoms with Gasteiger partial charge in [0.25, 0.3) is 0 Å². The molecule has 0 saturated carbocycles. The van der Waals surface area contributed by atoms with Gasteiger partial charge in [0.1, 0.15) is 0 Å². The van der Waals surface area contributed by atoms with Gasteiger partial charge >= 0.3 is 0 Å².